The maximum atomic E-state index is 12.1. The average Bonchev–Trinajstić information content (AvgIpc) is 3.19. The topological polar surface area (TPSA) is 104 Å². The Morgan fingerprint density at radius 3 is 2.41 bits per heavy atom. The molecule has 0 aliphatic rings. The molecule has 150 valence electrons. The summed E-state index contributed by atoms with van der Waals surface area (Å²) in [6, 6.07) is 14.1. The average molecular weight is 395 g/mol. The second-order valence-electron chi connectivity index (χ2n) is 6.25. The maximum absolute atomic E-state index is 12.1. The monoisotopic (exact) mass is 395 g/mol. The Balaban J connectivity index is 1.41. The number of rotatable bonds is 8. The number of esters is 1. The zero-order chi connectivity index (χ0) is 20.6. The van der Waals surface area contributed by atoms with E-state index in [0.29, 0.717) is 35.8 Å². The van der Waals surface area contributed by atoms with E-state index in [4.69, 9.17) is 14.0 Å². The highest BCUT2D eigenvalue weighted by Crippen LogP contribution is 2.18. The Bertz CT molecular complexity index is 965. The predicted molar refractivity (Wildman–Crippen MR) is 104 cm³/mol. The van der Waals surface area contributed by atoms with Gasteiger partial charge in [0.15, 0.2) is 12.4 Å². The number of aryl methyl sites for hydroxylation is 1. The lowest BCUT2D eigenvalue weighted by atomic mass is 10.1. The Morgan fingerprint density at radius 2 is 1.79 bits per heavy atom. The summed E-state index contributed by atoms with van der Waals surface area (Å²) in [6.07, 6.45) is 0.667. The largest absolute Gasteiger partial charge is 0.497 e. The van der Waals surface area contributed by atoms with Gasteiger partial charge in [-0.2, -0.15) is 4.98 Å². The molecular formula is C21H21N3O5. The molecule has 0 fully saturated rings. The number of benzene rings is 2. The second-order valence-corrected chi connectivity index (χ2v) is 6.25. The van der Waals surface area contributed by atoms with E-state index in [2.05, 4.69) is 15.5 Å². The fourth-order valence-corrected chi connectivity index (χ4v) is 2.57. The number of aromatic nitrogens is 2. The Morgan fingerprint density at radius 1 is 1.07 bits per heavy atom. The van der Waals surface area contributed by atoms with E-state index in [1.54, 1.807) is 38.3 Å². The van der Waals surface area contributed by atoms with Crippen LogP contribution >= 0.6 is 0 Å². The van der Waals surface area contributed by atoms with Crippen LogP contribution in [-0.2, 0) is 16.0 Å². The molecule has 0 spiro atoms. The molecule has 1 N–H and O–H groups in total. The molecule has 1 amide bonds. The Kier molecular flexibility index (Phi) is 6.57. The number of hydrogen-bond acceptors (Lipinski definition) is 7. The fraction of sp³-hybridized carbons (Fsp3) is 0.238. The number of nitrogens with one attached hydrogen (secondary N) is 1. The van der Waals surface area contributed by atoms with E-state index in [9.17, 15) is 9.59 Å². The highest BCUT2D eigenvalue weighted by Gasteiger charge is 2.12. The summed E-state index contributed by atoms with van der Waals surface area (Å²) in [5, 5.41) is 6.45. The number of carbonyl (C=O) groups excluding carboxylic acids is 2. The van der Waals surface area contributed by atoms with Gasteiger partial charge in [0.25, 0.3) is 11.8 Å². The lowest BCUT2D eigenvalue weighted by Crippen LogP contribution is -2.30. The molecule has 0 unspecified atom stereocenters. The van der Waals surface area contributed by atoms with Crippen LogP contribution in [0.4, 0.5) is 0 Å². The quantitative estimate of drug-likeness (QED) is 0.585. The summed E-state index contributed by atoms with van der Waals surface area (Å²) < 4.78 is 15.2. The molecule has 0 aliphatic heterocycles. The minimum Gasteiger partial charge on any atom is -0.497 e. The Labute approximate surface area is 167 Å². The van der Waals surface area contributed by atoms with E-state index in [1.165, 1.54) is 0 Å². The van der Waals surface area contributed by atoms with Crippen LogP contribution in [0.1, 0.15) is 21.7 Å². The third-order valence-corrected chi connectivity index (χ3v) is 4.12. The van der Waals surface area contributed by atoms with Crippen molar-refractivity contribution < 1.29 is 23.6 Å². The number of hydrogen-bond donors (Lipinski definition) is 1. The predicted octanol–water partition coefficient (Wildman–Crippen LogP) is 2.57. The molecule has 0 saturated heterocycles. The second kappa shape index (κ2) is 9.50. The number of methoxy groups -OCH3 is 1. The third-order valence-electron chi connectivity index (χ3n) is 4.12. The van der Waals surface area contributed by atoms with Crippen molar-refractivity contribution in [3.8, 4) is 17.2 Å². The molecule has 0 bridgehead atoms. The summed E-state index contributed by atoms with van der Waals surface area (Å²) in [6.45, 7) is 1.83. The van der Waals surface area contributed by atoms with Gasteiger partial charge in [0.2, 0.25) is 0 Å². The molecule has 0 aliphatic carbocycles. The van der Waals surface area contributed by atoms with Gasteiger partial charge >= 0.3 is 5.97 Å². The van der Waals surface area contributed by atoms with Crippen LogP contribution in [0.5, 0.6) is 5.75 Å². The first-order valence-corrected chi connectivity index (χ1v) is 9.02. The van der Waals surface area contributed by atoms with Crippen molar-refractivity contribution in [2.45, 2.75) is 13.3 Å². The van der Waals surface area contributed by atoms with Gasteiger partial charge in [-0.1, -0.05) is 17.3 Å². The smallest absolute Gasteiger partial charge is 0.338 e. The van der Waals surface area contributed by atoms with Gasteiger partial charge in [0, 0.05) is 12.1 Å². The van der Waals surface area contributed by atoms with Crippen LogP contribution in [0.25, 0.3) is 11.5 Å². The van der Waals surface area contributed by atoms with Gasteiger partial charge in [-0.3, -0.25) is 4.79 Å². The van der Waals surface area contributed by atoms with E-state index in [-0.39, 0.29) is 12.5 Å². The van der Waals surface area contributed by atoms with E-state index < -0.39 is 5.97 Å². The number of ether oxygens (including phenoxy) is 2. The van der Waals surface area contributed by atoms with Gasteiger partial charge in [0.1, 0.15) is 5.75 Å². The summed E-state index contributed by atoms with van der Waals surface area (Å²) in [5.41, 5.74) is 2.09. The number of nitrogens with zero attached hydrogens (tertiary/aromatic N) is 2. The molecule has 0 radical (unpaired) electrons. The molecular weight excluding hydrogens is 374 g/mol. The van der Waals surface area contributed by atoms with Crippen molar-refractivity contribution in [3.63, 3.8) is 0 Å². The first-order valence-electron chi connectivity index (χ1n) is 9.02. The third kappa shape index (κ3) is 5.65. The van der Waals surface area contributed by atoms with Crippen LogP contribution in [0, 0.1) is 6.92 Å². The zero-order valence-corrected chi connectivity index (χ0v) is 16.2. The fourth-order valence-electron chi connectivity index (χ4n) is 2.57. The minimum atomic E-state index is -0.580. The van der Waals surface area contributed by atoms with E-state index in [1.807, 2.05) is 24.3 Å². The lowest BCUT2D eigenvalue weighted by Gasteiger charge is -2.07. The van der Waals surface area contributed by atoms with Crippen molar-refractivity contribution in [2.75, 3.05) is 20.3 Å². The van der Waals surface area contributed by atoms with Crippen LogP contribution in [0.2, 0.25) is 0 Å². The zero-order valence-electron chi connectivity index (χ0n) is 16.2. The summed E-state index contributed by atoms with van der Waals surface area (Å²) >= 11 is 0. The van der Waals surface area contributed by atoms with Crippen LogP contribution < -0.4 is 10.1 Å². The van der Waals surface area contributed by atoms with Gasteiger partial charge in [0.05, 0.1) is 12.7 Å². The molecule has 3 aromatic rings. The van der Waals surface area contributed by atoms with Crippen LogP contribution in [0.3, 0.4) is 0 Å². The first-order chi connectivity index (χ1) is 14.0. The standard InChI is InChI=1S/C21H21N3O5/c1-14-23-20(29-24-14)16-5-7-17(8-6-16)21(26)28-13-19(25)22-12-11-15-3-9-18(27-2)10-4-15/h3-10H,11-13H2,1-2H3,(H,22,25). The summed E-state index contributed by atoms with van der Waals surface area (Å²) in [4.78, 5) is 28.1. The van der Waals surface area contributed by atoms with Crippen LogP contribution in [0.15, 0.2) is 53.1 Å². The lowest BCUT2D eigenvalue weighted by molar-refractivity contribution is -0.124. The SMILES string of the molecule is COc1ccc(CCNC(=O)COC(=O)c2ccc(-c3nc(C)no3)cc2)cc1. The maximum Gasteiger partial charge on any atom is 0.338 e. The molecule has 8 nitrogen and oxygen atoms in total. The molecule has 1 heterocycles. The van der Waals surface area contributed by atoms with Gasteiger partial charge in [-0.25, -0.2) is 4.79 Å². The minimum absolute atomic E-state index is 0.330. The van der Waals surface area contributed by atoms with Gasteiger partial charge in [-0.05, 0) is 55.3 Å². The summed E-state index contributed by atoms with van der Waals surface area (Å²) in [7, 11) is 1.61. The molecule has 29 heavy (non-hydrogen) atoms. The van der Waals surface area contributed by atoms with Crippen LogP contribution in [-0.4, -0.2) is 42.3 Å². The van der Waals surface area contributed by atoms with Crippen molar-refractivity contribution >= 4 is 11.9 Å². The number of amides is 1. The van der Waals surface area contributed by atoms with Crippen molar-refractivity contribution in [1.82, 2.24) is 15.5 Å². The van der Waals surface area contributed by atoms with E-state index >= 15 is 0 Å². The van der Waals surface area contributed by atoms with Crippen molar-refractivity contribution in [3.05, 3.63) is 65.5 Å². The molecule has 2 aromatic carbocycles. The highest BCUT2D eigenvalue weighted by atomic mass is 16.5. The molecule has 1 aromatic heterocycles. The molecule has 0 atom stereocenters. The number of carbonyl (C=O) groups is 2. The Hall–Kier alpha value is -3.68. The van der Waals surface area contributed by atoms with E-state index in [0.717, 1.165) is 11.3 Å². The summed E-state index contributed by atoms with van der Waals surface area (Å²) in [5.74, 6) is 0.749. The normalized spacial score (nSPS) is 10.4. The molecule has 0 saturated carbocycles. The van der Waals surface area contributed by atoms with Crippen molar-refractivity contribution in [2.24, 2.45) is 0 Å². The highest BCUT2D eigenvalue weighted by molar-refractivity contribution is 5.91. The van der Waals surface area contributed by atoms with Gasteiger partial charge < -0.3 is 19.3 Å². The molecule has 8 heteroatoms. The van der Waals surface area contributed by atoms with Crippen molar-refractivity contribution in [1.29, 1.82) is 0 Å². The van der Waals surface area contributed by atoms with Gasteiger partial charge in [-0.15, -0.1) is 0 Å². The molecule has 3 rings (SSSR count). The first kappa shape index (κ1) is 20.1.